The number of hydrogen-bond acceptors (Lipinski definition) is 3. The molecule has 3 rings (SSSR count). The van der Waals surface area contributed by atoms with E-state index in [9.17, 15) is 9.59 Å². The van der Waals surface area contributed by atoms with Crippen LogP contribution < -0.4 is 10.6 Å². The first-order valence-corrected chi connectivity index (χ1v) is 11.2. The molecule has 0 aromatic heterocycles. The number of aryl methyl sites for hydroxylation is 2. The lowest BCUT2D eigenvalue weighted by Gasteiger charge is -2.35. The second-order valence-electron chi connectivity index (χ2n) is 9.24. The molecular formula is C26H35N3O2. The van der Waals surface area contributed by atoms with Gasteiger partial charge >= 0.3 is 0 Å². The fraction of sp³-hybridized carbons (Fsp3) is 0.462. The lowest BCUT2D eigenvalue weighted by molar-refractivity contribution is -0.120. The maximum atomic E-state index is 12.4. The number of benzene rings is 2. The van der Waals surface area contributed by atoms with Crippen molar-refractivity contribution in [2.75, 3.05) is 19.6 Å². The van der Waals surface area contributed by atoms with Crippen LogP contribution in [0.25, 0.3) is 0 Å². The van der Waals surface area contributed by atoms with Crippen molar-refractivity contribution in [2.45, 2.75) is 47.2 Å². The summed E-state index contributed by atoms with van der Waals surface area (Å²) in [4.78, 5) is 27.2. The van der Waals surface area contributed by atoms with Crippen molar-refractivity contribution in [3.63, 3.8) is 0 Å². The van der Waals surface area contributed by atoms with Crippen molar-refractivity contribution in [2.24, 2.45) is 11.8 Å². The summed E-state index contributed by atoms with van der Waals surface area (Å²) in [6.07, 6.45) is 1.29. The molecule has 0 saturated carbocycles. The topological polar surface area (TPSA) is 61.4 Å². The van der Waals surface area contributed by atoms with E-state index >= 15 is 0 Å². The van der Waals surface area contributed by atoms with E-state index in [1.165, 1.54) is 12.0 Å². The van der Waals surface area contributed by atoms with Gasteiger partial charge in [0.25, 0.3) is 5.91 Å². The molecule has 2 N–H and O–H groups in total. The predicted molar refractivity (Wildman–Crippen MR) is 125 cm³/mol. The van der Waals surface area contributed by atoms with Gasteiger partial charge in [-0.05, 0) is 55.4 Å². The summed E-state index contributed by atoms with van der Waals surface area (Å²) < 4.78 is 0. The highest BCUT2D eigenvalue weighted by Gasteiger charge is 2.22. The molecule has 5 heteroatoms. The predicted octanol–water partition coefficient (Wildman–Crippen LogP) is 3.83. The summed E-state index contributed by atoms with van der Waals surface area (Å²) in [5.41, 5.74) is 5.03. The molecule has 1 heterocycles. The van der Waals surface area contributed by atoms with Gasteiger partial charge in [0.2, 0.25) is 5.91 Å². The molecule has 1 aliphatic rings. The van der Waals surface area contributed by atoms with Crippen LogP contribution in [0.15, 0.2) is 42.5 Å². The number of piperidine rings is 1. The van der Waals surface area contributed by atoms with Crippen LogP contribution in [0.4, 0.5) is 0 Å². The van der Waals surface area contributed by atoms with Crippen molar-refractivity contribution in [3.05, 3.63) is 70.3 Å². The van der Waals surface area contributed by atoms with Gasteiger partial charge in [0.15, 0.2) is 0 Å². The normalized spacial score (nSPS) is 19.1. The van der Waals surface area contributed by atoms with Crippen LogP contribution in [-0.4, -0.2) is 36.3 Å². The van der Waals surface area contributed by atoms with E-state index in [-0.39, 0.29) is 18.4 Å². The summed E-state index contributed by atoms with van der Waals surface area (Å²) in [7, 11) is 0. The summed E-state index contributed by atoms with van der Waals surface area (Å²) in [5.74, 6) is 1.02. The van der Waals surface area contributed by atoms with Gasteiger partial charge in [-0.2, -0.15) is 0 Å². The van der Waals surface area contributed by atoms with E-state index in [1.54, 1.807) is 0 Å². The average Bonchev–Trinajstić information content (AvgIpc) is 2.70. The number of carbonyl (C=O) groups excluding carboxylic acids is 2. The second kappa shape index (κ2) is 10.6. The second-order valence-corrected chi connectivity index (χ2v) is 9.24. The first-order valence-electron chi connectivity index (χ1n) is 11.2. The van der Waals surface area contributed by atoms with Gasteiger partial charge in [-0.1, -0.05) is 55.3 Å². The van der Waals surface area contributed by atoms with Crippen molar-refractivity contribution in [1.29, 1.82) is 0 Å². The summed E-state index contributed by atoms with van der Waals surface area (Å²) in [5, 5.41) is 5.67. The third-order valence-electron chi connectivity index (χ3n) is 5.83. The molecule has 2 aromatic carbocycles. The van der Waals surface area contributed by atoms with Crippen LogP contribution >= 0.6 is 0 Å². The molecule has 2 amide bonds. The average molecular weight is 422 g/mol. The minimum absolute atomic E-state index is 0.0326. The Balaban J connectivity index is 1.51. The molecular weight excluding hydrogens is 386 g/mol. The van der Waals surface area contributed by atoms with E-state index in [4.69, 9.17) is 0 Å². The van der Waals surface area contributed by atoms with Gasteiger partial charge in [-0.15, -0.1) is 0 Å². The third kappa shape index (κ3) is 6.93. The Morgan fingerprint density at radius 3 is 2.19 bits per heavy atom. The maximum Gasteiger partial charge on any atom is 0.251 e. The van der Waals surface area contributed by atoms with Gasteiger partial charge in [0.05, 0.1) is 6.54 Å². The van der Waals surface area contributed by atoms with Gasteiger partial charge in [-0.25, -0.2) is 0 Å². The first-order chi connectivity index (χ1) is 14.8. The molecule has 5 nitrogen and oxygen atoms in total. The Morgan fingerprint density at radius 2 is 1.55 bits per heavy atom. The highest BCUT2D eigenvalue weighted by molar-refractivity contribution is 5.96. The number of amides is 2. The number of rotatable bonds is 7. The monoisotopic (exact) mass is 421 g/mol. The van der Waals surface area contributed by atoms with Crippen molar-refractivity contribution in [3.8, 4) is 0 Å². The van der Waals surface area contributed by atoms with Gasteiger partial charge in [0.1, 0.15) is 0 Å². The molecule has 31 heavy (non-hydrogen) atoms. The highest BCUT2D eigenvalue weighted by atomic mass is 16.2. The largest absolute Gasteiger partial charge is 0.350 e. The Morgan fingerprint density at radius 1 is 0.935 bits per heavy atom. The lowest BCUT2D eigenvalue weighted by atomic mass is 9.91. The van der Waals surface area contributed by atoms with E-state index in [2.05, 4.69) is 47.6 Å². The zero-order valence-electron chi connectivity index (χ0n) is 19.2. The molecule has 0 radical (unpaired) electrons. The Labute approximate surface area is 186 Å². The van der Waals surface area contributed by atoms with E-state index < -0.39 is 0 Å². The maximum absolute atomic E-state index is 12.4. The summed E-state index contributed by atoms with van der Waals surface area (Å²) in [6.45, 7) is 12.1. The molecule has 0 spiro atoms. The molecule has 2 aromatic rings. The van der Waals surface area contributed by atoms with Gasteiger partial charge in [0, 0.05) is 31.7 Å². The molecule has 2 atom stereocenters. The van der Waals surface area contributed by atoms with Crippen LogP contribution in [0, 0.1) is 25.7 Å². The zero-order valence-corrected chi connectivity index (χ0v) is 19.2. The number of nitrogens with one attached hydrogen (secondary N) is 2. The van der Waals surface area contributed by atoms with Crippen molar-refractivity contribution < 1.29 is 9.59 Å². The smallest absolute Gasteiger partial charge is 0.251 e. The SMILES string of the molecule is Cc1cc(C)cc(C(=O)NCC(=O)NCc2ccccc2CN2CC(C)CC(C)C2)c1. The van der Waals surface area contributed by atoms with Crippen LogP contribution in [0.1, 0.15) is 52.9 Å². The van der Waals surface area contributed by atoms with Crippen molar-refractivity contribution >= 4 is 11.8 Å². The minimum Gasteiger partial charge on any atom is -0.350 e. The van der Waals surface area contributed by atoms with E-state index in [1.807, 2.05) is 38.1 Å². The fourth-order valence-corrected chi connectivity index (χ4v) is 4.67. The van der Waals surface area contributed by atoms with Crippen LogP contribution in [-0.2, 0) is 17.9 Å². The minimum atomic E-state index is -0.226. The van der Waals surface area contributed by atoms with Crippen LogP contribution in [0.3, 0.4) is 0 Å². The first kappa shape index (κ1) is 23.0. The number of nitrogens with zero attached hydrogens (tertiary/aromatic N) is 1. The molecule has 0 bridgehead atoms. The number of likely N-dealkylation sites (tertiary alicyclic amines) is 1. The zero-order chi connectivity index (χ0) is 22.4. The fourth-order valence-electron chi connectivity index (χ4n) is 4.67. The number of carbonyl (C=O) groups is 2. The molecule has 1 aliphatic heterocycles. The van der Waals surface area contributed by atoms with Crippen LogP contribution in [0.5, 0.6) is 0 Å². The highest BCUT2D eigenvalue weighted by Crippen LogP contribution is 2.23. The van der Waals surface area contributed by atoms with E-state index in [0.29, 0.717) is 12.1 Å². The number of hydrogen-bond donors (Lipinski definition) is 2. The lowest BCUT2D eigenvalue weighted by Crippen LogP contribution is -2.39. The van der Waals surface area contributed by atoms with Gasteiger partial charge in [-0.3, -0.25) is 14.5 Å². The molecule has 166 valence electrons. The molecule has 1 saturated heterocycles. The standard InChI is InChI=1S/C26H35N3O2/c1-18-9-19(2)12-24(11-18)26(31)28-14-25(30)27-13-22-7-5-6-8-23(22)17-29-15-20(3)10-21(4)16-29/h5-9,11-12,20-21H,10,13-17H2,1-4H3,(H,27,30)(H,28,31). The van der Waals surface area contributed by atoms with Gasteiger partial charge < -0.3 is 10.6 Å². The Kier molecular flexibility index (Phi) is 7.85. The molecule has 2 unspecified atom stereocenters. The molecule has 1 fully saturated rings. The third-order valence-corrected chi connectivity index (χ3v) is 5.83. The Hall–Kier alpha value is -2.66. The Bertz CT molecular complexity index is 894. The molecule has 0 aliphatic carbocycles. The van der Waals surface area contributed by atoms with Crippen LogP contribution in [0.2, 0.25) is 0 Å². The van der Waals surface area contributed by atoms with E-state index in [0.717, 1.165) is 48.2 Å². The summed E-state index contributed by atoms with van der Waals surface area (Å²) in [6, 6.07) is 14.0. The van der Waals surface area contributed by atoms with Crippen molar-refractivity contribution in [1.82, 2.24) is 15.5 Å². The quantitative estimate of drug-likeness (QED) is 0.714. The summed E-state index contributed by atoms with van der Waals surface area (Å²) >= 11 is 0.